The van der Waals surface area contributed by atoms with Crippen LogP contribution >= 0.6 is 22.9 Å². The first-order valence-corrected chi connectivity index (χ1v) is 11.8. The number of nitrogens with zero attached hydrogens (tertiary/aromatic N) is 1. The maximum absolute atomic E-state index is 14.0. The van der Waals surface area contributed by atoms with Crippen LogP contribution in [0.5, 0.6) is 0 Å². The predicted molar refractivity (Wildman–Crippen MR) is 120 cm³/mol. The molecule has 0 aliphatic carbocycles. The first-order chi connectivity index (χ1) is 14.2. The summed E-state index contributed by atoms with van der Waals surface area (Å²) in [5, 5.41) is 5.92. The summed E-state index contributed by atoms with van der Waals surface area (Å²) in [5.41, 5.74) is 1.12. The Hall–Kier alpha value is -2.68. The highest BCUT2D eigenvalue weighted by atomic mass is 35.5. The van der Waals surface area contributed by atoms with Gasteiger partial charge in [-0.15, -0.1) is 11.3 Å². The summed E-state index contributed by atoms with van der Waals surface area (Å²) >= 11 is 7.79. The zero-order chi connectivity index (χ0) is 21.5. The zero-order valence-electron chi connectivity index (χ0n) is 15.6. The molecule has 4 rings (SSSR count). The fraction of sp³-hybridized carbons (Fsp3) is 0.0476. The normalized spacial score (nSPS) is 11.6. The molecule has 0 saturated heterocycles. The standard InChI is InChI=1S/C21H15ClF2N2O2S2/c1-30(27,28)26(17-3-5-21-13(8-17)6-7-29-21)18-10-14(22)9-16(12-18)25-20-4-2-15(23)11-19(20)24/h2-12,25H,1H3. The van der Waals surface area contributed by atoms with Crippen molar-refractivity contribution in [1.82, 2.24) is 0 Å². The van der Waals surface area contributed by atoms with Gasteiger partial charge in [-0.25, -0.2) is 21.5 Å². The van der Waals surface area contributed by atoms with Gasteiger partial charge in [0.25, 0.3) is 0 Å². The van der Waals surface area contributed by atoms with Gasteiger partial charge in [0.05, 0.1) is 23.3 Å². The number of thiophene rings is 1. The smallest absolute Gasteiger partial charge is 0.236 e. The summed E-state index contributed by atoms with van der Waals surface area (Å²) in [7, 11) is -3.72. The Morgan fingerprint density at radius 2 is 1.77 bits per heavy atom. The third-order valence-electron chi connectivity index (χ3n) is 4.33. The van der Waals surface area contributed by atoms with Gasteiger partial charge in [-0.2, -0.15) is 0 Å². The lowest BCUT2D eigenvalue weighted by atomic mass is 10.2. The first kappa shape index (κ1) is 20.6. The fourth-order valence-corrected chi connectivity index (χ4v) is 5.11. The Morgan fingerprint density at radius 3 is 2.50 bits per heavy atom. The molecule has 0 fully saturated rings. The summed E-state index contributed by atoms with van der Waals surface area (Å²) in [6.07, 6.45) is 1.10. The predicted octanol–water partition coefficient (Wildman–Crippen LogP) is 6.67. The van der Waals surface area contributed by atoms with Crippen LogP contribution in [-0.2, 0) is 10.0 Å². The summed E-state index contributed by atoms with van der Waals surface area (Å²) in [5.74, 6) is -1.48. The number of nitrogens with one attached hydrogen (secondary N) is 1. The average molecular weight is 465 g/mol. The SMILES string of the molecule is CS(=O)(=O)N(c1cc(Cl)cc(Nc2ccc(F)cc2F)c1)c1ccc2sccc2c1. The second-order valence-electron chi connectivity index (χ2n) is 6.62. The monoisotopic (exact) mass is 464 g/mol. The van der Waals surface area contributed by atoms with Gasteiger partial charge in [-0.3, -0.25) is 0 Å². The Bertz CT molecular complexity index is 1360. The minimum absolute atomic E-state index is 0.0372. The zero-order valence-corrected chi connectivity index (χ0v) is 18.0. The van der Waals surface area contributed by atoms with E-state index in [1.807, 2.05) is 17.5 Å². The molecule has 0 radical (unpaired) electrons. The van der Waals surface area contributed by atoms with Crippen molar-refractivity contribution in [1.29, 1.82) is 0 Å². The van der Waals surface area contributed by atoms with Crippen LogP contribution in [0.2, 0.25) is 5.02 Å². The molecule has 30 heavy (non-hydrogen) atoms. The maximum atomic E-state index is 14.0. The number of benzene rings is 3. The van der Waals surface area contributed by atoms with E-state index in [1.54, 1.807) is 23.5 Å². The molecule has 1 heterocycles. The molecule has 0 amide bonds. The number of fused-ring (bicyclic) bond motifs is 1. The molecule has 0 aliphatic rings. The highest BCUT2D eigenvalue weighted by molar-refractivity contribution is 7.92. The molecule has 154 valence electrons. The lowest BCUT2D eigenvalue weighted by molar-refractivity contribution is 0.586. The molecule has 9 heteroatoms. The largest absolute Gasteiger partial charge is 0.353 e. The van der Waals surface area contributed by atoms with Gasteiger partial charge in [-0.05, 0) is 65.4 Å². The van der Waals surface area contributed by atoms with Crippen molar-refractivity contribution < 1.29 is 17.2 Å². The molecule has 0 aliphatic heterocycles. The van der Waals surface area contributed by atoms with Crippen molar-refractivity contribution in [3.63, 3.8) is 0 Å². The van der Waals surface area contributed by atoms with E-state index in [0.717, 1.165) is 28.5 Å². The van der Waals surface area contributed by atoms with Crippen LogP contribution in [0.15, 0.2) is 66.0 Å². The van der Waals surface area contributed by atoms with Gasteiger partial charge in [0.15, 0.2) is 0 Å². The second kappa shape index (κ2) is 7.86. The van der Waals surface area contributed by atoms with Crippen LogP contribution < -0.4 is 9.62 Å². The van der Waals surface area contributed by atoms with Crippen LogP contribution in [0.1, 0.15) is 0 Å². The lowest BCUT2D eigenvalue weighted by Crippen LogP contribution is -2.24. The lowest BCUT2D eigenvalue weighted by Gasteiger charge is -2.24. The molecule has 0 bridgehead atoms. The molecule has 0 saturated carbocycles. The van der Waals surface area contributed by atoms with Gasteiger partial charge in [0.1, 0.15) is 11.6 Å². The molecule has 4 nitrogen and oxygen atoms in total. The van der Waals surface area contributed by atoms with Crippen molar-refractivity contribution in [2.24, 2.45) is 0 Å². The highest BCUT2D eigenvalue weighted by Crippen LogP contribution is 2.36. The summed E-state index contributed by atoms with van der Waals surface area (Å²) in [4.78, 5) is 0. The topological polar surface area (TPSA) is 49.4 Å². The van der Waals surface area contributed by atoms with E-state index in [-0.39, 0.29) is 16.4 Å². The van der Waals surface area contributed by atoms with Gasteiger partial charge in [-0.1, -0.05) is 11.6 Å². The minimum Gasteiger partial charge on any atom is -0.353 e. The molecule has 3 aromatic carbocycles. The third kappa shape index (κ3) is 4.26. The fourth-order valence-electron chi connectivity index (χ4n) is 3.12. The van der Waals surface area contributed by atoms with E-state index >= 15 is 0 Å². The molecule has 0 atom stereocenters. The Labute approximate surface area is 181 Å². The number of sulfonamides is 1. The van der Waals surface area contributed by atoms with Crippen molar-refractivity contribution in [2.75, 3.05) is 15.9 Å². The third-order valence-corrected chi connectivity index (χ3v) is 6.53. The van der Waals surface area contributed by atoms with Crippen LogP contribution in [0.25, 0.3) is 10.1 Å². The molecule has 1 aromatic heterocycles. The number of hydrogen-bond acceptors (Lipinski definition) is 4. The Kier molecular flexibility index (Phi) is 5.40. The molecule has 4 aromatic rings. The first-order valence-electron chi connectivity index (χ1n) is 8.71. The molecule has 0 spiro atoms. The number of rotatable bonds is 5. The average Bonchev–Trinajstić information content (AvgIpc) is 3.10. The van der Waals surface area contributed by atoms with Crippen molar-refractivity contribution in [3.05, 3.63) is 82.7 Å². The van der Waals surface area contributed by atoms with E-state index in [2.05, 4.69) is 5.32 Å². The Morgan fingerprint density at radius 1 is 0.967 bits per heavy atom. The van der Waals surface area contributed by atoms with Gasteiger partial charge < -0.3 is 5.32 Å². The highest BCUT2D eigenvalue weighted by Gasteiger charge is 2.21. The molecule has 0 unspecified atom stereocenters. The Balaban J connectivity index is 1.79. The van der Waals surface area contributed by atoms with Gasteiger partial charge in [0, 0.05) is 21.5 Å². The number of anilines is 4. The van der Waals surface area contributed by atoms with Crippen LogP contribution in [0.4, 0.5) is 31.5 Å². The molecule has 1 N–H and O–H groups in total. The molecular weight excluding hydrogens is 450 g/mol. The van der Waals surface area contributed by atoms with Crippen molar-refractivity contribution in [2.45, 2.75) is 0 Å². The number of halogens is 3. The quantitative estimate of drug-likeness (QED) is 0.358. The maximum Gasteiger partial charge on any atom is 0.236 e. The van der Waals surface area contributed by atoms with E-state index in [1.165, 1.54) is 28.6 Å². The minimum atomic E-state index is -3.72. The van der Waals surface area contributed by atoms with E-state index in [4.69, 9.17) is 11.6 Å². The second-order valence-corrected chi connectivity index (χ2v) is 9.83. The summed E-state index contributed by atoms with van der Waals surface area (Å²) in [6, 6.07) is 15.0. The van der Waals surface area contributed by atoms with Gasteiger partial charge in [0.2, 0.25) is 10.0 Å². The van der Waals surface area contributed by atoms with Crippen LogP contribution in [-0.4, -0.2) is 14.7 Å². The van der Waals surface area contributed by atoms with E-state index < -0.39 is 21.7 Å². The van der Waals surface area contributed by atoms with E-state index in [9.17, 15) is 17.2 Å². The van der Waals surface area contributed by atoms with Crippen LogP contribution in [0, 0.1) is 11.6 Å². The van der Waals surface area contributed by atoms with Crippen LogP contribution in [0.3, 0.4) is 0 Å². The van der Waals surface area contributed by atoms with Gasteiger partial charge >= 0.3 is 0 Å². The van der Waals surface area contributed by atoms with Crippen molar-refractivity contribution >= 4 is 65.8 Å². The summed E-state index contributed by atoms with van der Waals surface area (Å²) < 4.78 is 54.7. The summed E-state index contributed by atoms with van der Waals surface area (Å²) in [6.45, 7) is 0. The van der Waals surface area contributed by atoms with E-state index in [0.29, 0.717) is 11.4 Å². The molecular formula is C21H15ClF2N2O2S2. The van der Waals surface area contributed by atoms with Crippen molar-refractivity contribution in [3.8, 4) is 0 Å². The number of hydrogen-bond donors (Lipinski definition) is 1.